The second-order valence-electron chi connectivity index (χ2n) is 5.51. The first-order valence-corrected chi connectivity index (χ1v) is 8.38. The molecule has 0 aromatic heterocycles. The van der Waals surface area contributed by atoms with E-state index >= 15 is 0 Å². The fourth-order valence-corrected chi connectivity index (χ4v) is 2.33. The van der Waals surface area contributed by atoms with Crippen LogP contribution in [0.2, 0.25) is 0 Å². The third-order valence-electron chi connectivity index (χ3n) is 3.75. The average Bonchev–Trinajstić information content (AvgIpc) is 2.75. The summed E-state index contributed by atoms with van der Waals surface area (Å²) in [7, 11) is 3.23. The summed E-state index contributed by atoms with van der Waals surface area (Å²) >= 11 is 0. The topological polar surface area (TPSA) is 67.6 Å². The highest BCUT2D eigenvalue weighted by Crippen LogP contribution is 2.27. The van der Waals surface area contributed by atoms with Gasteiger partial charge in [0.2, 0.25) is 5.84 Å². The minimum Gasteiger partial charge on any atom is -0.497 e. The zero-order chi connectivity index (χ0) is 18.9. The van der Waals surface area contributed by atoms with Gasteiger partial charge in [-0.05, 0) is 48.5 Å². The minimum absolute atomic E-state index is 0.437. The van der Waals surface area contributed by atoms with Crippen LogP contribution in [-0.4, -0.2) is 20.1 Å². The van der Waals surface area contributed by atoms with Crippen LogP contribution in [0.1, 0.15) is 5.56 Å². The Morgan fingerprint density at radius 2 is 1.48 bits per heavy atom. The molecule has 0 atom stereocenters. The molecule has 3 aromatic rings. The van der Waals surface area contributed by atoms with E-state index in [1.165, 1.54) is 0 Å². The molecule has 6 heteroatoms. The van der Waals surface area contributed by atoms with E-state index in [2.05, 4.69) is 20.8 Å². The monoisotopic (exact) mass is 360 g/mol. The van der Waals surface area contributed by atoms with E-state index in [1.807, 2.05) is 78.9 Å². The van der Waals surface area contributed by atoms with E-state index in [9.17, 15) is 0 Å². The van der Waals surface area contributed by atoms with Crippen molar-refractivity contribution in [2.75, 3.05) is 19.6 Å². The van der Waals surface area contributed by atoms with Crippen molar-refractivity contribution in [3.63, 3.8) is 0 Å². The van der Waals surface area contributed by atoms with Gasteiger partial charge in [0.1, 0.15) is 17.2 Å². The maximum atomic E-state index is 5.32. The van der Waals surface area contributed by atoms with Crippen molar-refractivity contribution < 1.29 is 9.47 Å². The molecule has 0 aliphatic rings. The van der Waals surface area contributed by atoms with Gasteiger partial charge in [-0.1, -0.05) is 30.3 Å². The van der Waals surface area contributed by atoms with Gasteiger partial charge in [-0.15, -0.1) is 10.2 Å². The number of methoxy groups -OCH3 is 2. The Balaban J connectivity index is 1.92. The van der Waals surface area contributed by atoms with Crippen LogP contribution >= 0.6 is 0 Å². The zero-order valence-corrected chi connectivity index (χ0v) is 15.2. The van der Waals surface area contributed by atoms with E-state index in [-0.39, 0.29) is 0 Å². The molecule has 0 unspecified atom stereocenters. The lowest BCUT2D eigenvalue weighted by Gasteiger charge is -2.05. The maximum Gasteiger partial charge on any atom is 0.201 e. The standard InChI is InChI=1S/C21H20N4O2/c1-26-18-14-12-16(13-15-18)21(24-22-17-8-4-3-5-9-17)25-23-19-10-6-7-11-20(19)27-2/h3-15,22H,1-2H3/b24-21-,25-23?. The van der Waals surface area contributed by atoms with Gasteiger partial charge in [0, 0.05) is 5.56 Å². The first-order valence-electron chi connectivity index (χ1n) is 8.38. The molecule has 3 rings (SSSR count). The first kappa shape index (κ1) is 18.1. The Hall–Kier alpha value is -3.67. The molecule has 0 aliphatic carbocycles. The summed E-state index contributed by atoms with van der Waals surface area (Å²) in [5.41, 5.74) is 5.30. The van der Waals surface area contributed by atoms with Gasteiger partial charge >= 0.3 is 0 Å². The van der Waals surface area contributed by atoms with E-state index < -0.39 is 0 Å². The van der Waals surface area contributed by atoms with Crippen LogP contribution in [-0.2, 0) is 0 Å². The summed E-state index contributed by atoms with van der Waals surface area (Å²) < 4.78 is 10.5. The number of nitrogens with zero attached hydrogens (tertiary/aromatic N) is 3. The highest BCUT2D eigenvalue weighted by atomic mass is 16.5. The average molecular weight is 360 g/mol. The molecular weight excluding hydrogens is 340 g/mol. The third kappa shape index (κ3) is 4.92. The number of rotatable bonds is 6. The number of hydrogen-bond acceptors (Lipinski definition) is 5. The van der Waals surface area contributed by atoms with Crippen molar-refractivity contribution in [1.82, 2.24) is 0 Å². The molecule has 1 N–H and O–H groups in total. The first-order chi connectivity index (χ1) is 13.3. The molecule has 136 valence electrons. The Kier molecular flexibility index (Phi) is 6.14. The largest absolute Gasteiger partial charge is 0.497 e. The smallest absolute Gasteiger partial charge is 0.201 e. The molecule has 0 aliphatic heterocycles. The fraction of sp³-hybridized carbons (Fsp3) is 0.0952. The number of hydrazone groups is 1. The molecule has 3 aromatic carbocycles. The van der Waals surface area contributed by atoms with Crippen LogP contribution in [0.25, 0.3) is 0 Å². The lowest BCUT2D eigenvalue weighted by molar-refractivity contribution is 0.415. The molecule has 0 amide bonds. The van der Waals surface area contributed by atoms with Crippen LogP contribution in [0.4, 0.5) is 11.4 Å². The quantitative estimate of drug-likeness (QED) is 0.282. The van der Waals surface area contributed by atoms with E-state index in [0.717, 1.165) is 17.0 Å². The fourth-order valence-electron chi connectivity index (χ4n) is 2.33. The van der Waals surface area contributed by atoms with Crippen LogP contribution in [0.15, 0.2) is 94.2 Å². The number of anilines is 1. The predicted molar refractivity (Wildman–Crippen MR) is 107 cm³/mol. The Morgan fingerprint density at radius 1 is 0.778 bits per heavy atom. The zero-order valence-electron chi connectivity index (χ0n) is 15.2. The van der Waals surface area contributed by atoms with Crippen molar-refractivity contribution in [1.29, 1.82) is 0 Å². The lowest BCUT2D eigenvalue weighted by Crippen LogP contribution is -2.01. The molecule has 27 heavy (non-hydrogen) atoms. The van der Waals surface area contributed by atoms with Crippen molar-refractivity contribution >= 4 is 17.2 Å². The second-order valence-corrected chi connectivity index (χ2v) is 5.51. The predicted octanol–water partition coefficient (Wildman–Crippen LogP) is 5.26. The van der Waals surface area contributed by atoms with Gasteiger partial charge in [-0.2, -0.15) is 5.10 Å². The molecule has 0 heterocycles. The molecule has 6 nitrogen and oxygen atoms in total. The minimum atomic E-state index is 0.437. The normalized spacial score (nSPS) is 11.4. The SMILES string of the molecule is COc1ccc(/C(N=Nc2ccccc2OC)=N/Nc2ccccc2)cc1. The summed E-state index contributed by atoms with van der Waals surface area (Å²) in [6.45, 7) is 0. The lowest BCUT2D eigenvalue weighted by atomic mass is 10.2. The van der Waals surface area contributed by atoms with E-state index in [4.69, 9.17) is 9.47 Å². The van der Waals surface area contributed by atoms with Crippen LogP contribution in [0.3, 0.4) is 0 Å². The molecule has 0 saturated carbocycles. The van der Waals surface area contributed by atoms with E-state index in [1.54, 1.807) is 14.2 Å². The third-order valence-corrected chi connectivity index (χ3v) is 3.75. The number of azo groups is 1. The number of nitrogens with one attached hydrogen (secondary N) is 1. The highest BCUT2D eigenvalue weighted by Gasteiger charge is 2.05. The molecule has 0 radical (unpaired) electrons. The summed E-state index contributed by atoms with van der Waals surface area (Å²) in [5, 5.41) is 13.1. The van der Waals surface area contributed by atoms with Gasteiger partial charge in [0.15, 0.2) is 0 Å². The van der Waals surface area contributed by atoms with Gasteiger partial charge < -0.3 is 9.47 Å². The Bertz CT molecular complexity index is 922. The molecule has 0 bridgehead atoms. The van der Waals surface area contributed by atoms with Gasteiger partial charge in [-0.3, -0.25) is 5.43 Å². The number of benzene rings is 3. The number of amidine groups is 1. The Morgan fingerprint density at radius 3 is 2.19 bits per heavy atom. The van der Waals surface area contributed by atoms with Crippen LogP contribution in [0, 0.1) is 0 Å². The number of hydrogen-bond donors (Lipinski definition) is 1. The van der Waals surface area contributed by atoms with Crippen molar-refractivity contribution in [2.45, 2.75) is 0 Å². The summed E-state index contributed by atoms with van der Waals surface area (Å²) in [5.74, 6) is 1.84. The molecule has 0 spiro atoms. The number of para-hydroxylation sites is 2. The molecular formula is C21H20N4O2. The number of ether oxygens (including phenoxy) is 2. The second kappa shape index (κ2) is 9.15. The van der Waals surface area contributed by atoms with Crippen molar-refractivity contribution in [2.24, 2.45) is 15.3 Å². The van der Waals surface area contributed by atoms with Gasteiger partial charge in [0.05, 0.1) is 19.9 Å². The summed E-state index contributed by atoms with van der Waals surface area (Å²) in [6.07, 6.45) is 0. The van der Waals surface area contributed by atoms with Crippen molar-refractivity contribution in [3.8, 4) is 11.5 Å². The summed E-state index contributed by atoms with van der Waals surface area (Å²) in [4.78, 5) is 0. The van der Waals surface area contributed by atoms with Gasteiger partial charge in [-0.25, -0.2) is 0 Å². The van der Waals surface area contributed by atoms with Crippen LogP contribution < -0.4 is 14.9 Å². The van der Waals surface area contributed by atoms with Gasteiger partial charge in [0.25, 0.3) is 0 Å². The summed E-state index contributed by atoms with van der Waals surface area (Å²) in [6, 6.07) is 24.5. The van der Waals surface area contributed by atoms with Crippen molar-refractivity contribution in [3.05, 3.63) is 84.4 Å². The van der Waals surface area contributed by atoms with E-state index in [0.29, 0.717) is 17.3 Å². The Labute approximate surface area is 158 Å². The molecule has 0 fully saturated rings. The maximum absolute atomic E-state index is 5.32. The highest BCUT2D eigenvalue weighted by molar-refractivity contribution is 5.99. The molecule has 0 saturated heterocycles. The van der Waals surface area contributed by atoms with Crippen LogP contribution in [0.5, 0.6) is 11.5 Å².